The Balaban J connectivity index is 1.71. The number of nitrogens with zero attached hydrogens (tertiary/aromatic N) is 4. The molecule has 2 fully saturated rings. The molecule has 6 nitrogen and oxygen atoms in total. The Bertz CT molecular complexity index is 495. The fourth-order valence-corrected chi connectivity index (χ4v) is 4.30. The highest BCUT2D eigenvalue weighted by molar-refractivity contribution is 5.80. The molecule has 2 rings (SSSR count). The number of methoxy groups -OCH3 is 1. The first-order valence-corrected chi connectivity index (χ1v) is 10.8. The molecule has 0 spiro atoms. The van der Waals surface area contributed by atoms with Crippen LogP contribution in [-0.4, -0.2) is 107 Å². The highest BCUT2D eigenvalue weighted by Crippen LogP contribution is 2.22. The van der Waals surface area contributed by atoms with E-state index in [2.05, 4.69) is 20.1 Å². The monoisotopic (exact) mass is 421 g/mol. The predicted molar refractivity (Wildman–Crippen MR) is 110 cm³/mol. The van der Waals surface area contributed by atoms with Gasteiger partial charge >= 0.3 is 6.18 Å². The summed E-state index contributed by atoms with van der Waals surface area (Å²) >= 11 is 0. The first kappa shape index (κ1) is 24.2. The number of halogens is 3. The van der Waals surface area contributed by atoms with Crippen molar-refractivity contribution < 1.29 is 17.9 Å². The van der Waals surface area contributed by atoms with Crippen LogP contribution >= 0.6 is 0 Å². The van der Waals surface area contributed by atoms with Crippen molar-refractivity contribution in [3.8, 4) is 0 Å². The standard InChI is InChI=1S/C20H38F3N5O/c1-4-26(16-20(21,22)23)14-18-7-10-28(15-18)19(24-2)25-13-17-5-8-27(9-6-17)11-12-29-3/h17-18H,4-16H2,1-3H3,(H,24,25). The molecule has 0 bridgehead atoms. The van der Waals surface area contributed by atoms with Crippen LogP contribution in [0.4, 0.5) is 13.2 Å². The van der Waals surface area contributed by atoms with Crippen LogP contribution in [0.25, 0.3) is 0 Å². The molecule has 29 heavy (non-hydrogen) atoms. The van der Waals surface area contributed by atoms with Crippen molar-refractivity contribution >= 4 is 5.96 Å². The minimum atomic E-state index is -4.13. The van der Waals surface area contributed by atoms with E-state index in [1.807, 2.05) is 0 Å². The van der Waals surface area contributed by atoms with Crippen LogP contribution < -0.4 is 5.32 Å². The lowest BCUT2D eigenvalue weighted by Gasteiger charge is -2.32. The minimum absolute atomic E-state index is 0.250. The van der Waals surface area contributed by atoms with E-state index in [-0.39, 0.29) is 5.92 Å². The summed E-state index contributed by atoms with van der Waals surface area (Å²) in [6.07, 6.45) is -0.892. The van der Waals surface area contributed by atoms with Crippen molar-refractivity contribution in [1.29, 1.82) is 0 Å². The number of hydrogen-bond acceptors (Lipinski definition) is 4. The second kappa shape index (κ2) is 12.0. The molecule has 0 aromatic rings. The molecule has 2 aliphatic heterocycles. The third-order valence-electron chi connectivity index (χ3n) is 6.03. The van der Waals surface area contributed by atoms with Crippen molar-refractivity contribution in [2.24, 2.45) is 16.8 Å². The van der Waals surface area contributed by atoms with Gasteiger partial charge in [-0.2, -0.15) is 13.2 Å². The van der Waals surface area contributed by atoms with E-state index in [9.17, 15) is 13.2 Å². The summed E-state index contributed by atoms with van der Waals surface area (Å²) in [5, 5.41) is 3.50. The van der Waals surface area contributed by atoms with Crippen LogP contribution in [0.15, 0.2) is 4.99 Å². The highest BCUT2D eigenvalue weighted by Gasteiger charge is 2.33. The van der Waals surface area contributed by atoms with Gasteiger partial charge in [-0.3, -0.25) is 9.89 Å². The summed E-state index contributed by atoms with van der Waals surface area (Å²) in [6, 6.07) is 0. The van der Waals surface area contributed by atoms with E-state index in [1.165, 1.54) is 17.7 Å². The van der Waals surface area contributed by atoms with Gasteiger partial charge in [-0.25, -0.2) is 0 Å². The van der Waals surface area contributed by atoms with Crippen molar-refractivity contribution in [1.82, 2.24) is 20.0 Å². The maximum Gasteiger partial charge on any atom is 0.401 e. The Morgan fingerprint density at radius 3 is 2.45 bits per heavy atom. The third-order valence-corrected chi connectivity index (χ3v) is 6.03. The zero-order valence-electron chi connectivity index (χ0n) is 18.2. The lowest BCUT2D eigenvalue weighted by molar-refractivity contribution is -0.146. The van der Waals surface area contributed by atoms with Gasteiger partial charge in [0.25, 0.3) is 0 Å². The van der Waals surface area contributed by atoms with Gasteiger partial charge in [0.15, 0.2) is 5.96 Å². The molecule has 0 radical (unpaired) electrons. The lowest BCUT2D eigenvalue weighted by atomic mass is 9.97. The van der Waals surface area contributed by atoms with Gasteiger partial charge in [0, 0.05) is 46.9 Å². The summed E-state index contributed by atoms with van der Waals surface area (Å²) in [4.78, 5) is 10.6. The molecule has 0 aromatic carbocycles. The predicted octanol–water partition coefficient (Wildman–Crippen LogP) is 2.13. The fraction of sp³-hybridized carbons (Fsp3) is 0.950. The van der Waals surface area contributed by atoms with Gasteiger partial charge < -0.3 is 19.9 Å². The average molecular weight is 422 g/mol. The molecule has 2 heterocycles. The molecule has 0 saturated carbocycles. The molecule has 1 atom stereocenters. The number of hydrogen-bond donors (Lipinski definition) is 1. The molecule has 0 aromatic heterocycles. The SMILES string of the molecule is CCN(CC1CCN(C(=NC)NCC2CCN(CCOC)CC2)C1)CC(F)(F)F. The number of likely N-dealkylation sites (tertiary alicyclic amines) is 2. The van der Waals surface area contributed by atoms with Gasteiger partial charge in [-0.15, -0.1) is 0 Å². The van der Waals surface area contributed by atoms with Crippen molar-refractivity contribution in [2.75, 3.05) is 79.7 Å². The number of aliphatic imine (C=N–C) groups is 1. The van der Waals surface area contributed by atoms with Crippen molar-refractivity contribution in [2.45, 2.75) is 32.4 Å². The molecular formula is C20H38F3N5O. The van der Waals surface area contributed by atoms with Gasteiger partial charge in [0.1, 0.15) is 0 Å². The Labute approximate surface area is 173 Å². The molecule has 0 aliphatic carbocycles. The van der Waals surface area contributed by atoms with Crippen molar-refractivity contribution in [3.05, 3.63) is 0 Å². The minimum Gasteiger partial charge on any atom is -0.383 e. The second-order valence-electron chi connectivity index (χ2n) is 8.25. The van der Waals surface area contributed by atoms with E-state index >= 15 is 0 Å². The maximum atomic E-state index is 12.7. The Morgan fingerprint density at radius 2 is 1.86 bits per heavy atom. The second-order valence-corrected chi connectivity index (χ2v) is 8.25. The van der Waals surface area contributed by atoms with E-state index in [1.54, 1.807) is 21.1 Å². The van der Waals surface area contributed by atoms with Gasteiger partial charge in [-0.1, -0.05) is 6.92 Å². The van der Waals surface area contributed by atoms with Crippen LogP contribution in [0.5, 0.6) is 0 Å². The first-order valence-electron chi connectivity index (χ1n) is 10.8. The van der Waals surface area contributed by atoms with E-state index in [0.29, 0.717) is 19.0 Å². The fourth-order valence-electron chi connectivity index (χ4n) is 4.30. The zero-order chi connectivity index (χ0) is 21.3. The molecular weight excluding hydrogens is 383 g/mol. The Kier molecular flexibility index (Phi) is 9.98. The van der Waals surface area contributed by atoms with Gasteiger partial charge in [0.2, 0.25) is 0 Å². The van der Waals surface area contributed by atoms with E-state index in [0.717, 1.165) is 58.3 Å². The molecule has 170 valence electrons. The number of ether oxygens (including phenoxy) is 1. The van der Waals surface area contributed by atoms with Crippen LogP contribution in [-0.2, 0) is 4.74 Å². The van der Waals surface area contributed by atoms with E-state index < -0.39 is 12.7 Å². The number of rotatable bonds is 9. The lowest BCUT2D eigenvalue weighted by Crippen LogP contribution is -2.45. The van der Waals surface area contributed by atoms with Crippen LogP contribution in [0, 0.1) is 11.8 Å². The van der Waals surface area contributed by atoms with E-state index in [4.69, 9.17) is 4.74 Å². The van der Waals surface area contributed by atoms with Crippen LogP contribution in [0.1, 0.15) is 26.2 Å². The number of alkyl halides is 3. The molecule has 2 aliphatic rings. The largest absolute Gasteiger partial charge is 0.401 e. The molecule has 9 heteroatoms. The topological polar surface area (TPSA) is 43.3 Å². The summed E-state index contributed by atoms with van der Waals surface area (Å²) in [5.74, 6) is 1.76. The number of guanidine groups is 1. The first-order chi connectivity index (χ1) is 13.8. The smallest absolute Gasteiger partial charge is 0.383 e. The summed E-state index contributed by atoms with van der Waals surface area (Å²) in [7, 11) is 3.52. The van der Waals surface area contributed by atoms with Gasteiger partial charge in [0.05, 0.1) is 13.2 Å². The number of piperidine rings is 1. The number of nitrogens with one attached hydrogen (secondary N) is 1. The molecule has 1 unspecified atom stereocenters. The zero-order valence-corrected chi connectivity index (χ0v) is 18.2. The average Bonchev–Trinajstić information content (AvgIpc) is 3.14. The highest BCUT2D eigenvalue weighted by atomic mass is 19.4. The molecule has 2 saturated heterocycles. The van der Waals surface area contributed by atoms with Crippen LogP contribution in [0.2, 0.25) is 0 Å². The Hall–Kier alpha value is -1.06. The van der Waals surface area contributed by atoms with Crippen LogP contribution in [0.3, 0.4) is 0 Å². The summed E-state index contributed by atoms with van der Waals surface area (Å²) in [6.45, 7) is 8.39. The third kappa shape index (κ3) is 8.68. The summed E-state index contributed by atoms with van der Waals surface area (Å²) < 4.78 is 43.2. The normalized spacial score (nSPS) is 22.7. The van der Waals surface area contributed by atoms with Crippen molar-refractivity contribution in [3.63, 3.8) is 0 Å². The quantitative estimate of drug-likeness (QED) is 0.456. The molecule has 1 N–H and O–H groups in total. The van der Waals surface area contributed by atoms with Gasteiger partial charge in [-0.05, 0) is 50.7 Å². The maximum absolute atomic E-state index is 12.7. The summed E-state index contributed by atoms with van der Waals surface area (Å²) in [5.41, 5.74) is 0. The molecule has 0 amide bonds. The Morgan fingerprint density at radius 1 is 1.17 bits per heavy atom.